The van der Waals surface area contributed by atoms with E-state index in [-0.39, 0.29) is 60.3 Å². The van der Waals surface area contributed by atoms with Gasteiger partial charge in [-0.2, -0.15) is 0 Å². The zero-order chi connectivity index (χ0) is 58.0. The minimum Gasteiger partial charge on any atom is -0.431 e. The molecular weight excluding hydrogens is 1010 g/mol. The van der Waals surface area contributed by atoms with E-state index in [1.54, 1.807) is 0 Å². The maximum Gasteiger partial charge on any atom is 0.508 e. The predicted octanol–water partition coefficient (Wildman–Crippen LogP) is 18.3. The van der Waals surface area contributed by atoms with E-state index in [1.807, 2.05) is 12.1 Å². The van der Waals surface area contributed by atoms with Crippen molar-refractivity contribution in [1.29, 1.82) is 0 Å². The molecule has 0 radical (unpaired) electrons. The normalized spacial score (nSPS) is 38.2. The van der Waals surface area contributed by atoms with Crippen molar-refractivity contribution in [2.75, 3.05) is 13.2 Å². The Balaban J connectivity index is 0.869. The molecule has 8 aliphatic rings. The van der Waals surface area contributed by atoms with Crippen LogP contribution in [0.15, 0.2) is 84.0 Å². The first kappa shape index (κ1) is 62.1. The fourth-order valence-corrected chi connectivity index (χ4v) is 21.5. The SMILES string of the molecule is CC(C)CCC[C@@H](C)[C@H]1CC[C@H]2[C@@H]3CC=C4C[C@@H](OC(=O)O[C@@H]5CC6=CC[C@H]7[C@@H]8CC[C@H]([C@H](C)CCCC(C)C)[C@@]8(C)CC[C@@H]7[C@@]6(C)C(CC(CO)OCc6ccccc6)C5)CC(CC(CO)OCc5ccccc5)[C@]4(C)[C@H]3CC[C@]12C. The molecule has 2 aromatic carbocycles. The molecule has 6 saturated carbocycles. The third-order valence-electron chi connectivity index (χ3n) is 25.8. The zero-order valence-electron chi connectivity index (χ0n) is 53.1. The Morgan fingerprint density at radius 2 is 0.939 bits per heavy atom. The second-order valence-corrected chi connectivity index (χ2v) is 31.0. The molecule has 4 unspecified atom stereocenters. The van der Waals surface area contributed by atoms with Crippen LogP contribution in [0.5, 0.6) is 0 Å². The summed E-state index contributed by atoms with van der Waals surface area (Å²) in [5.41, 5.74) is 5.77. The third-order valence-corrected chi connectivity index (χ3v) is 25.8. The van der Waals surface area contributed by atoms with Crippen molar-refractivity contribution >= 4 is 6.16 Å². The van der Waals surface area contributed by atoms with Crippen LogP contribution in [0.2, 0.25) is 0 Å². The van der Waals surface area contributed by atoms with Crippen LogP contribution in [0.25, 0.3) is 0 Å². The minimum atomic E-state index is -0.540. The van der Waals surface area contributed by atoms with E-state index in [0.29, 0.717) is 47.7 Å². The molecule has 0 spiro atoms. The van der Waals surface area contributed by atoms with E-state index in [9.17, 15) is 15.0 Å². The Labute approximate surface area is 498 Å². The topological polar surface area (TPSA) is 94.5 Å². The van der Waals surface area contributed by atoms with Crippen molar-refractivity contribution in [2.24, 2.45) is 105 Å². The lowest BCUT2D eigenvalue weighted by Gasteiger charge is -2.61. The van der Waals surface area contributed by atoms with Gasteiger partial charge in [0.05, 0.1) is 38.6 Å². The Bertz CT molecular complexity index is 2270. The predicted molar refractivity (Wildman–Crippen MR) is 332 cm³/mol. The summed E-state index contributed by atoms with van der Waals surface area (Å²) in [6, 6.07) is 20.7. The number of benzene rings is 2. The van der Waals surface area contributed by atoms with Gasteiger partial charge in [0.1, 0.15) is 12.2 Å². The lowest BCUT2D eigenvalue weighted by Crippen LogP contribution is -2.55. The van der Waals surface area contributed by atoms with Crippen LogP contribution in [0, 0.1) is 105 Å². The maximum atomic E-state index is 14.7. The van der Waals surface area contributed by atoms with Crippen LogP contribution >= 0.6 is 0 Å². The van der Waals surface area contributed by atoms with Crippen LogP contribution in [0.3, 0.4) is 0 Å². The summed E-state index contributed by atoms with van der Waals surface area (Å²) < 4.78 is 26.6. The van der Waals surface area contributed by atoms with Gasteiger partial charge >= 0.3 is 6.16 Å². The molecule has 0 saturated heterocycles. The summed E-state index contributed by atoms with van der Waals surface area (Å²) >= 11 is 0. The second-order valence-electron chi connectivity index (χ2n) is 31.0. The van der Waals surface area contributed by atoms with Crippen LogP contribution in [0.4, 0.5) is 4.79 Å². The molecule has 0 aliphatic heterocycles. The molecule has 7 nitrogen and oxygen atoms in total. The molecule has 20 atom stereocenters. The van der Waals surface area contributed by atoms with Crippen LogP contribution in [0.1, 0.15) is 222 Å². The van der Waals surface area contributed by atoms with Gasteiger partial charge < -0.3 is 29.2 Å². The maximum absolute atomic E-state index is 14.7. The lowest BCUT2D eigenvalue weighted by atomic mass is 9.44. The standard InChI is InChI=1S/C75H114O7/c1-49(2)19-17-21-51(5)65-31-33-67-63-29-27-55-39-59(41-57(74(55,9)69(63)35-37-72(65,67)7)43-61(45-76)79-47-53-23-13-11-14-24-53)81-71(78)82-60-40-56-28-30-64-68-34-32-66(52(6)22-18-20-50(3)4)73(68,8)38-36-70(64)75(56,10)58(42-60)44-62(46-77)80-48-54-25-15-12-16-26-54/h11-16,23-28,49-52,57-70,76-77H,17-22,29-48H2,1-10H3/t51-,52-,57?,58?,59-,60-,61?,62?,63+,64+,65-,66-,67+,68+,69+,70+,72-,73-,74-,75-/m1/s1. The number of allylic oxidation sites excluding steroid dienone is 2. The molecule has 0 heterocycles. The van der Waals surface area contributed by atoms with E-state index >= 15 is 0 Å². The van der Waals surface area contributed by atoms with Crippen molar-refractivity contribution in [1.82, 2.24) is 0 Å². The second kappa shape index (κ2) is 26.6. The largest absolute Gasteiger partial charge is 0.508 e. The highest BCUT2D eigenvalue weighted by Crippen LogP contribution is 2.71. The number of fused-ring (bicyclic) bond motifs is 10. The van der Waals surface area contributed by atoms with Crippen molar-refractivity contribution < 1.29 is 34.0 Å². The van der Waals surface area contributed by atoms with Gasteiger partial charge in [0.15, 0.2) is 0 Å². The summed E-state index contributed by atoms with van der Waals surface area (Å²) in [5.74, 6) is 8.87. The van der Waals surface area contributed by atoms with Gasteiger partial charge in [-0.3, -0.25) is 0 Å². The summed E-state index contributed by atoms with van der Waals surface area (Å²) in [7, 11) is 0. The average molecular weight is 1130 g/mol. The van der Waals surface area contributed by atoms with Gasteiger partial charge in [0.2, 0.25) is 0 Å². The Morgan fingerprint density at radius 1 is 0.537 bits per heavy atom. The molecule has 82 heavy (non-hydrogen) atoms. The van der Waals surface area contributed by atoms with Gasteiger partial charge in [-0.05, 0) is 206 Å². The number of aliphatic hydroxyl groups is 2. The van der Waals surface area contributed by atoms with Gasteiger partial charge in [0, 0.05) is 12.8 Å². The monoisotopic (exact) mass is 1130 g/mol. The van der Waals surface area contributed by atoms with Crippen LogP contribution in [-0.2, 0) is 32.2 Å². The fourth-order valence-electron chi connectivity index (χ4n) is 21.5. The number of carbonyl (C=O) groups is 1. The highest BCUT2D eigenvalue weighted by molar-refractivity contribution is 5.60. The molecule has 6 fully saturated rings. The molecule has 10 rings (SSSR count). The van der Waals surface area contributed by atoms with Crippen LogP contribution < -0.4 is 0 Å². The molecule has 0 bridgehead atoms. The first-order valence-corrected chi connectivity index (χ1v) is 34.2. The molecule has 7 heteroatoms. The number of rotatable bonds is 24. The number of hydrogen-bond acceptors (Lipinski definition) is 7. The number of aliphatic hydroxyl groups excluding tert-OH is 2. The average Bonchev–Trinajstić information content (AvgIpc) is 1.60. The van der Waals surface area contributed by atoms with Crippen molar-refractivity contribution in [3.05, 3.63) is 95.1 Å². The highest BCUT2D eigenvalue weighted by Gasteiger charge is 2.63. The highest BCUT2D eigenvalue weighted by atomic mass is 16.7. The van der Waals surface area contributed by atoms with E-state index in [2.05, 4.69) is 130 Å². The van der Waals surface area contributed by atoms with Crippen molar-refractivity contribution in [2.45, 2.75) is 248 Å². The summed E-state index contributed by atoms with van der Waals surface area (Å²) in [6.45, 7) is 26.0. The minimum absolute atomic E-state index is 0.0386. The lowest BCUT2D eigenvalue weighted by molar-refractivity contribution is -0.110. The van der Waals surface area contributed by atoms with Crippen LogP contribution in [-0.4, -0.2) is 54.0 Å². The van der Waals surface area contributed by atoms with Crippen molar-refractivity contribution in [3.8, 4) is 0 Å². The molecule has 2 aromatic rings. The van der Waals surface area contributed by atoms with Crippen molar-refractivity contribution in [3.63, 3.8) is 0 Å². The zero-order valence-corrected chi connectivity index (χ0v) is 53.1. The Morgan fingerprint density at radius 3 is 1.32 bits per heavy atom. The Kier molecular flexibility index (Phi) is 20.1. The van der Waals surface area contributed by atoms with Gasteiger partial charge in [0.25, 0.3) is 0 Å². The van der Waals surface area contributed by atoms with E-state index in [4.69, 9.17) is 18.9 Å². The third kappa shape index (κ3) is 12.7. The number of ether oxygens (including phenoxy) is 4. The quantitative estimate of drug-likeness (QED) is 0.0799. The first-order valence-electron chi connectivity index (χ1n) is 34.2. The van der Waals surface area contributed by atoms with E-state index < -0.39 is 6.16 Å². The molecule has 456 valence electrons. The van der Waals surface area contributed by atoms with E-state index in [0.717, 1.165) is 110 Å². The summed E-state index contributed by atoms with van der Waals surface area (Å²) in [6.07, 6.45) is 28.6. The van der Waals surface area contributed by atoms with Gasteiger partial charge in [-0.1, -0.05) is 192 Å². The number of carbonyl (C=O) groups excluding carboxylic acids is 1. The molecular formula is C75H114O7. The summed E-state index contributed by atoms with van der Waals surface area (Å²) in [4.78, 5) is 14.7. The molecule has 8 aliphatic carbocycles. The fraction of sp³-hybridized carbons (Fsp3) is 0.773. The Hall–Kier alpha value is -2.97. The van der Waals surface area contributed by atoms with Gasteiger partial charge in [-0.25, -0.2) is 4.79 Å². The number of hydrogen-bond donors (Lipinski definition) is 2. The summed E-state index contributed by atoms with van der Waals surface area (Å²) in [5, 5.41) is 22.1. The smallest absolute Gasteiger partial charge is 0.431 e. The molecule has 2 N–H and O–H groups in total. The first-order chi connectivity index (χ1) is 39.4. The van der Waals surface area contributed by atoms with E-state index in [1.165, 1.54) is 101 Å². The molecule has 0 amide bonds. The molecule has 0 aromatic heterocycles. The van der Waals surface area contributed by atoms with Gasteiger partial charge in [-0.15, -0.1) is 0 Å².